The molecule has 2 amide bonds. The molecule has 3 rings (SSSR count). The van der Waals surface area contributed by atoms with Crippen LogP contribution in [0.3, 0.4) is 0 Å². The Bertz CT molecular complexity index is 346. The minimum Gasteiger partial charge on any atom is -0.352 e. The van der Waals surface area contributed by atoms with Gasteiger partial charge in [0.15, 0.2) is 0 Å². The molecule has 1 saturated heterocycles. The van der Waals surface area contributed by atoms with E-state index in [-0.39, 0.29) is 17.9 Å². The van der Waals surface area contributed by atoms with Gasteiger partial charge in [-0.05, 0) is 32.1 Å². The van der Waals surface area contributed by atoms with E-state index in [9.17, 15) is 9.59 Å². The highest BCUT2D eigenvalue weighted by Crippen LogP contribution is 2.30. The summed E-state index contributed by atoms with van der Waals surface area (Å²) in [6, 6.07) is 0.534. The second-order valence-electron chi connectivity index (χ2n) is 5.93. The molecule has 1 aliphatic heterocycles. The van der Waals surface area contributed by atoms with Crippen LogP contribution in [0.5, 0.6) is 0 Å². The topological polar surface area (TPSA) is 49.4 Å². The number of hydrogen-bond acceptors (Lipinski definition) is 2. The first-order chi connectivity index (χ1) is 8.75. The van der Waals surface area contributed by atoms with Crippen LogP contribution >= 0.6 is 0 Å². The van der Waals surface area contributed by atoms with Crippen LogP contribution in [0.4, 0.5) is 0 Å². The van der Waals surface area contributed by atoms with Crippen molar-refractivity contribution < 1.29 is 9.59 Å². The number of amides is 2. The average molecular weight is 250 g/mol. The lowest BCUT2D eigenvalue weighted by molar-refractivity contribution is -0.138. The molecule has 3 aliphatic rings. The van der Waals surface area contributed by atoms with E-state index in [1.807, 2.05) is 4.90 Å². The Hall–Kier alpha value is -1.06. The van der Waals surface area contributed by atoms with Crippen LogP contribution in [-0.2, 0) is 9.59 Å². The van der Waals surface area contributed by atoms with Gasteiger partial charge in [0.2, 0.25) is 11.8 Å². The van der Waals surface area contributed by atoms with Crippen molar-refractivity contribution in [3.8, 4) is 0 Å². The van der Waals surface area contributed by atoms with Gasteiger partial charge in [-0.1, -0.05) is 19.3 Å². The fraction of sp³-hybridized carbons (Fsp3) is 0.857. The number of hydrogen-bond donors (Lipinski definition) is 1. The van der Waals surface area contributed by atoms with E-state index in [1.165, 1.54) is 19.3 Å². The molecule has 18 heavy (non-hydrogen) atoms. The first kappa shape index (κ1) is 12.0. The largest absolute Gasteiger partial charge is 0.352 e. The molecule has 0 aromatic heterocycles. The van der Waals surface area contributed by atoms with E-state index >= 15 is 0 Å². The van der Waals surface area contributed by atoms with E-state index in [0.717, 1.165) is 25.7 Å². The van der Waals surface area contributed by atoms with Crippen LogP contribution in [0, 0.1) is 0 Å². The molecule has 100 valence electrons. The molecule has 0 aromatic carbocycles. The molecule has 2 aliphatic carbocycles. The third-order valence-electron chi connectivity index (χ3n) is 4.45. The van der Waals surface area contributed by atoms with E-state index < -0.39 is 0 Å². The SMILES string of the molecule is O=C(NC1CC1)C1CCC(=O)N1C1CCCCC1. The minimum absolute atomic E-state index is 0.0916. The van der Waals surface area contributed by atoms with E-state index in [2.05, 4.69) is 5.32 Å². The minimum atomic E-state index is -0.179. The smallest absolute Gasteiger partial charge is 0.243 e. The van der Waals surface area contributed by atoms with Gasteiger partial charge in [-0.15, -0.1) is 0 Å². The van der Waals surface area contributed by atoms with E-state index in [1.54, 1.807) is 0 Å². The lowest BCUT2D eigenvalue weighted by Crippen LogP contribution is -2.50. The zero-order valence-electron chi connectivity index (χ0n) is 10.9. The first-order valence-corrected chi connectivity index (χ1v) is 7.37. The fourth-order valence-electron chi connectivity index (χ4n) is 3.30. The van der Waals surface area contributed by atoms with Gasteiger partial charge in [0, 0.05) is 18.5 Å². The van der Waals surface area contributed by atoms with Crippen molar-refractivity contribution in [1.82, 2.24) is 10.2 Å². The Morgan fingerprint density at radius 1 is 1.06 bits per heavy atom. The van der Waals surface area contributed by atoms with Crippen molar-refractivity contribution in [2.24, 2.45) is 0 Å². The lowest BCUT2D eigenvalue weighted by atomic mass is 9.93. The van der Waals surface area contributed by atoms with Crippen molar-refractivity contribution in [3.63, 3.8) is 0 Å². The molecule has 0 spiro atoms. The van der Waals surface area contributed by atoms with Gasteiger partial charge in [0.05, 0.1) is 0 Å². The summed E-state index contributed by atoms with van der Waals surface area (Å²) in [7, 11) is 0. The third kappa shape index (κ3) is 2.38. The summed E-state index contributed by atoms with van der Waals surface area (Å²) in [6.45, 7) is 0. The van der Waals surface area contributed by atoms with Crippen molar-refractivity contribution in [2.75, 3.05) is 0 Å². The Labute approximate surface area is 108 Å². The molecular weight excluding hydrogens is 228 g/mol. The summed E-state index contributed by atoms with van der Waals surface area (Å²) >= 11 is 0. The van der Waals surface area contributed by atoms with Crippen LogP contribution in [0.2, 0.25) is 0 Å². The normalized spacial score (nSPS) is 29.7. The number of rotatable bonds is 3. The molecule has 0 bridgehead atoms. The molecule has 4 heteroatoms. The molecule has 3 fully saturated rings. The Morgan fingerprint density at radius 2 is 1.78 bits per heavy atom. The Morgan fingerprint density at radius 3 is 2.44 bits per heavy atom. The van der Waals surface area contributed by atoms with Gasteiger partial charge in [-0.3, -0.25) is 9.59 Å². The van der Waals surface area contributed by atoms with Gasteiger partial charge < -0.3 is 10.2 Å². The lowest BCUT2D eigenvalue weighted by Gasteiger charge is -2.35. The Kier molecular flexibility index (Phi) is 3.27. The van der Waals surface area contributed by atoms with Gasteiger partial charge in [0.1, 0.15) is 6.04 Å². The summed E-state index contributed by atoms with van der Waals surface area (Å²) in [5.41, 5.74) is 0. The first-order valence-electron chi connectivity index (χ1n) is 7.37. The van der Waals surface area contributed by atoms with Crippen molar-refractivity contribution >= 4 is 11.8 Å². The van der Waals surface area contributed by atoms with Gasteiger partial charge in [0.25, 0.3) is 0 Å². The summed E-state index contributed by atoms with van der Waals surface area (Å²) in [5.74, 6) is 0.284. The Balaban J connectivity index is 1.67. The second kappa shape index (κ2) is 4.90. The van der Waals surface area contributed by atoms with Crippen molar-refractivity contribution in [3.05, 3.63) is 0 Å². The monoisotopic (exact) mass is 250 g/mol. The number of nitrogens with one attached hydrogen (secondary N) is 1. The molecule has 4 nitrogen and oxygen atoms in total. The van der Waals surface area contributed by atoms with Crippen molar-refractivity contribution in [1.29, 1.82) is 0 Å². The summed E-state index contributed by atoms with van der Waals surface area (Å²) in [5, 5.41) is 3.05. The van der Waals surface area contributed by atoms with E-state index in [4.69, 9.17) is 0 Å². The molecule has 0 radical (unpaired) electrons. The maximum Gasteiger partial charge on any atom is 0.243 e. The van der Waals surface area contributed by atoms with Crippen LogP contribution in [0.25, 0.3) is 0 Å². The molecule has 1 N–H and O–H groups in total. The van der Waals surface area contributed by atoms with Gasteiger partial charge in [-0.25, -0.2) is 0 Å². The van der Waals surface area contributed by atoms with Crippen LogP contribution < -0.4 is 5.32 Å². The molecule has 0 aromatic rings. The average Bonchev–Trinajstić information content (AvgIpc) is 3.11. The zero-order chi connectivity index (χ0) is 12.5. The molecule has 1 heterocycles. The summed E-state index contributed by atoms with van der Waals surface area (Å²) in [6.07, 6.45) is 9.32. The molecule has 1 atom stereocenters. The second-order valence-corrected chi connectivity index (χ2v) is 5.93. The highest BCUT2D eigenvalue weighted by Gasteiger charge is 2.41. The fourth-order valence-corrected chi connectivity index (χ4v) is 3.30. The molecule has 2 saturated carbocycles. The summed E-state index contributed by atoms with van der Waals surface area (Å²) < 4.78 is 0. The van der Waals surface area contributed by atoms with Crippen LogP contribution in [0.15, 0.2) is 0 Å². The number of carbonyl (C=O) groups is 2. The number of nitrogens with zero attached hydrogens (tertiary/aromatic N) is 1. The van der Waals surface area contributed by atoms with Crippen LogP contribution in [-0.4, -0.2) is 34.8 Å². The van der Waals surface area contributed by atoms with Crippen LogP contribution in [0.1, 0.15) is 57.8 Å². The summed E-state index contributed by atoms with van der Waals surface area (Å²) in [4.78, 5) is 26.1. The highest BCUT2D eigenvalue weighted by molar-refractivity contribution is 5.91. The zero-order valence-corrected chi connectivity index (χ0v) is 10.9. The van der Waals surface area contributed by atoms with Gasteiger partial charge in [-0.2, -0.15) is 0 Å². The maximum absolute atomic E-state index is 12.2. The quantitative estimate of drug-likeness (QED) is 0.827. The maximum atomic E-state index is 12.2. The predicted molar refractivity (Wildman–Crippen MR) is 67.9 cm³/mol. The molecule has 1 unspecified atom stereocenters. The van der Waals surface area contributed by atoms with Gasteiger partial charge >= 0.3 is 0 Å². The van der Waals surface area contributed by atoms with E-state index in [0.29, 0.717) is 24.9 Å². The predicted octanol–water partition coefficient (Wildman–Crippen LogP) is 1.59. The molecular formula is C14H22N2O2. The number of likely N-dealkylation sites (tertiary alicyclic amines) is 1. The highest BCUT2D eigenvalue weighted by atomic mass is 16.2. The van der Waals surface area contributed by atoms with Crippen molar-refractivity contribution in [2.45, 2.75) is 75.9 Å². The third-order valence-corrected chi connectivity index (χ3v) is 4.45. The number of carbonyl (C=O) groups excluding carboxylic acids is 2. The standard InChI is InChI=1S/C14H22N2O2/c17-13-9-8-12(14(18)15-10-6-7-10)16(13)11-4-2-1-3-5-11/h10-12H,1-9H2,(H,15,18).